The average molecular weight is 293 g/mol. The first kappa shape index (κ1) is 13.5. The second-order valence-electron chi connectivity index (χ2n) is 3.59. The van der Waals surface area contributed by atoms with Crippen molar-refractivity contribution in [1.29, 1.82) is 0 Å². The van der Waals surface area contributed by atoms with E-state index in [1.807, 2.05) is 4.98 Å². The van der Waals surface area contributed by atoms with Gasteiger partial charge in [-0.15, -0.1) is 0 Å². The van der Waals surface area contributed by atoms with Crippen LogP contribution in [0.2, 0.25) is 5.02 Å². The van der Waals surface area contributed by atoms with Crippen molar-refractivity contribution in [2.24, 2.45) is 0 Å². The van der Waals surface area contributed by atoms with Crippen LogP contribution in [0.5, 0.6) is 0 Å². The molecule has 1 aromatic heterocycles. The molecule has 8 heteroatoms. The lowest BCUT2D eigenvalue weighted by Gasteiger charge is -2.07. The van der Waals surface area contributed by atoms with E-state index in [0.717, 1.165) is 12.1 Å². The third-order valence-electron chi connectivity index (χ3n) is 2.26. The van der Waals surface area contributed by atoms with Gasteiger partial charge >= 0.3 is 6.18 Å². The Morgan fingerprint density at radius 3 is 2.53 bits per heavy atom. The Morgan fingerprint density at radius 2 is 1.95 bits per heavy atom. The third kappa shape index (κ3) is 2.76. The Balaban J connectivity index is 2.65. The van der Waals surface area contributed by atoms with Gasteiger partial charge in [-0.1, -0.05) is 11.6 Å². The summed E-state index contributed by atoms with van der Waals surface area (Å²) in [6.07, 6.45) is -4.30. The van der Waals surface area contributed by atoms with Crippen molar-refractivity contribution in [1.82, 2.24) is 9.97 Å². The molecule has 0 saturated carbocycles. The number of halogens is 5. The maximum atomic E-state index is 13.6. The molecular weight excluding hydrogens is 288 g/mol. The highest BCUT2D eigenvalue weighted by Gasteiger charge is 2.33. The van der Waals surface area contributed by atoms with Crippen molar-refractivity contribution in [2.75, 3.05) is 0 Å². The summed E-state index contributed by atoms with van der Waals surface area (Å²) < 4.78 is 51.0. The van der Waals surface area contributed by atoms with Crippen LogP contribution in [0.4, 0.5) is 17.6 Å². The summed E-state index contributed by atoms with van der Waals surface area (Å²) in [7, 11) is 0. The predicted molar refractivity (Wildman–Crippen MR) is 60.3 cm³/mol. The number of nitrogens with zero attached hydrogens (tertiary/aromatic N) is 1. The Bertz CT molecular complexity index is 681. The highest BCUT2D eigenvalue weighted by atomic mass is 35.5. The summed E-state index contributed by atoms with van der Waals surface area (Å²) in [6, 6.07) is 3.23. The van der Waals surface area contributed by atoms with Gasteiger partial charge in [0.2, 0.25) is 0 Å². The van der Waals surface area contributed by atoms with E-state index in [9.17, 15) is 22.4 Å². The number of benzene rings is 1. The lowest BCUT2D eigenvalue weighted by atomic mass is 10.1. The first-order valence-corrected chi connectivity index (χ1v) is 5.29. The number of nitrogens with one attached hydrogen (secondary N) is 1. The normalized spacial score (nSPS) is 11.6. The zero-order valence-electron chi connectivity index (χ0n) is 9.05. The first-order chi connectivity index (χ1) is 8.79. The maximum Gasteiger partial charge on any atom is 0.434 e. The van der Waals surface area contributed by atoms with Gasteiger partial charge in [-0.3, -0.25) is 4.79 Å². The molecule has 2 rings (SSSR count). The molecule has 0 spiro atoms. The number of H-pyrrole nitrogens is 1. The second kappa shape index (κ2) is 4.65. The summed E-state index contributed by atoms with van der Waals surface area (Å²) >= 11 is 5.52. The fourth-order valence-electron chi connectivity index (χ4n) is 1.42. The summed E-state index contributed by atoms with van der Waals surface area (Å²) in [5.74, 6) is -0.926. The van der Waals surface area contributed by atoms with Crippen LogP contribution in [0.1, 0.15) is 5.69 Å². The second-order valence-corrected chi connectivity index (χ2v) is 4.02. The molecule has 1 aromatic carbocycles. The Labute approximate surface area is 108 Å². The van der Waals surface area contributed by atoms with E-state index in [2.05, 4.69) is 4.98 Å². The first-order valence-electron chi connectivity index (χ1n) is 4.91. The van der Waals surface area contributed by atoms with E-state index in [1.54, 1.807) is 0 Å². The van der Waals surface area contributed by atoms with Crippen molar-refractivity contribution >= 4 is 11.6 Å². The van der Waals surface area contributed by atoms with Crippen LogP contribution >= 0.6 is 11.6 Å². The van der Waals surface area contributed by atoms with E-state index in [4.69, 9.17) is 11.6 Å². The standard InChI is InChI=1S/C11H5ClF4N2O/c12-5-1-2-6(7(13)3-5)9-10(19)17-4-8(18-9)11(14,15)16/h1-4H,(H,17,19). The SMILES string of the molecule is O=c1[nH]cc(C(F)(F)F)nc1-c1ccc(Cl)cc1F. The van der Waals surface area contributed by atoms with Crippen molar-refractivity contribution in [2.45, 2.75) is 6.18 Å². The van der Waals surface area contributed by atoms with Gasteiger partial charge in [0.05, 0.1) is 0 Å². The Kier molecular flexibility index (Phi) is 3.32. The van der Waals surface area contributed by atoms with E-state index >= 15 is 0 Å². The summed E-state index contributed by atoms with van der Waals surface area (Å²) in [5.41, 5.74) is -3.23. The molecule has 0 fully saturated rings. The van der Waals surface area contributed by atoms with Crippen LogP contribution in [0, 0.1) is 5.82 Å². The molecular formula is C11H5ClF4N2O. The zero-order chi connectivity index (χ0) is 14.2. The topological polar surface area (TPSA) is 45.8 Å². The Morgan fingerprint density at radius 1 is 1.26 bits per heavy atom. The molecule has 0 unspecified atom stereocenters. The van der Waals surface area contributed by atoms with Crippen molar-refractivity contribution in [3.63, 3.8) is 0 Å². The van der Waals surface area contributed by atoms with Gasteiger partial charge in [0, 0.05) is 16.8 Å². The number of hydrogen-bond acceptors (Lipinski definition) is 2. The van der Waals surface area contributed by atoms with Gasteiger partial charge in [-0.05, 0) is 18.2 Å². The van der Waals surface area contributed by atoms with Crippen molar-refractivity contribution in [3.05, 3.63) is 51.3 Å². The number of aromatic nitrogens is 2. The Hall–Kier alpha value is -1.89. The van der Waals surface area contributed by atoms with Crippen LogP contribution < -0.4 is 5.56 Å². The number of hydrogen-bond donors (Lipinski definition) is 1. The van der Waals surface area contributed by atoms with E-state index in [0.29, 0.717) is 6.20 Å². The molecule has 19 heavy (non-hydrogen) atoms. The largest absolute Gasteiger partial charge is 0.434 e. The van der Waals surface area contributed by atoms with Crippen molar-refractivity contribution in [3.8, 4) is 11.3 Å². The molecule has 1 N–H and O–H groups in total. The van der Waals surface area contributed by atoms with Gasteiger partial charge < -0.3 is 4.98 Å². The number of aromatic amines is 1. The summed E-state index contributed by atoms with van der Waals surface area (Å²) in [4.78, 5) is 16.5. The summed E-state index contributed by atoms with van der Waals surface area (Å²) in [6.45, 7) is 0. The molecule has 2 aromatic rings. The molecule has 3 nitrogen and oxygen atoms in total. The van der Waals surface area contributed by atoms with Crippen LogP contribution in [-0.4, -0.2) is 9.97 Å². The van der Waals surface area contributed by atoms with Gasteiger partial charge in [0.1, 0.15) is 11.5 Å². The number of rotatable bonds is 1. The van der Waals surface area contributed by atoms with Crippen molar-refractivity contribution < 1.29 is 17.6 Å². The van der Waals surface area contributed by atoms with Gasteiger partial charge in [-0.25, -0.2) is 9.37 Å². The fraction of sp³-hybridized carbons (Fsp3) is 0.0909. The highest BCUT2D eigenvalue weighted by Crippen LogP contribution is 2.28. The number of alkyl halides is 3. The van der Waals surface area contributed by atoms with Crippen LogP contribution in [0.3, 0.4) is 0 Å². The third-order valence-corrected chi connectivity index (χ3v) is 2.50. The van der Waals surface area contributed by atoms with E-state index in [1.165, 1.54) is 6.07 Å². The molecule has 0 atom stereocenters. The van der Waals surface area contributed by atoms with E-state index in [-0.39, 0.29) is 10.6 Å². The van der Waals surface area contributed by atoms with Crippen LogP contribution in [-0.2, 0) is 6.18 Å². The molecule has 0 aliphatic heterocycles. The van der Waals surface area contributed by atoms with Gasteiger partial charge in [0.15, 0.2) is 5.69 Å². The minimum atomic E-state index is -4.73. The lowest BCUT2D eigenvalue weighted by molar-refractivity contribution is -0.141. The van der Waals surface area contributed by atoms with E-state index < -0.39 is 28.9 Å². The monoisotopic (exact) mass is 292 g/mol. The minimum Gasteiger partial charge on any atom is -0.325 e. The molecule has 0 bridgehead atoms. The van der Waals surface area contributed by atoms with Crippen LogP contribution in [0.25, 0.3) is 11.3 Å². The predicted octanol–water partition coefficient (Wildman–Crippen LogP) is 3.25. The molecule has 0 amide bonds. The molecule has 0 aliphatic carbocycles. The molecule has 100 valence electrons. The zero-order valence-corrected chi connectivity index (χ0v) is 9.81. The smallest absolute Gasteiger partial charge is 0.325 e. The highest BCUT2D eigenvalue weighted by molar-refractivity contribution is 6.30. The molecule has 1 heterocycles. The summed E-state index contributed by atoms with van der Waals surface area (Å²) in [5, 5.41) is 0.0599. The lowest BCUT2D eigenvalue weighted by Crippen LogP contribution is -2.18. The molecule has 0 saturated heterocycles. The molecule has 0 aliphatic rings. The maximum absolute atomic E-state index is 13.6. The minimum absolute atomic E-state index is 0.0599. The van der Waals surface area contributed by atoms with Gasteiger partial charge in [0.25, 0.3) is 5.56 Å². The van der Waals surface area contributed by atoms with Crippen LogP contribution in [0.15, 0.2) is 29.2 Å². The average Bonchev–Trinajstić information content (AvgIpc) is 2.29. The fourth-order valence-corrected chi connectivity index (χ4v) is 1.57. The van der Waals surface area contributed by atoms with Gasteiger partial charge in [-0.2, -0.15) is 13.2 Å². The molecule has 0 radical (unpaired) electrons. The quantitative estimate of drug-likeness (QED) is 0.820.